The molecule has 1 saturated carbocycles. The summed E-state index contributed by atoms with van der Waals surface area (Å²) in [5.41, 5.74) is 0. The minimum absolute atomic E-state index is 0.865. The Labute approximate surface area is 134 Å². The molecule has 0 aromatic carbocycles. The number of aliphatic imine (C=N–C) groups is 1. The highest BCUT2D eigenvalue weighted by molar-refractivity contribution is 5.79. The molecule has 0 aliphatic heterocycles. The average molecular weight is 305 g/mol. The summed E-state index contributed by atoms with van der Waals surface area (Å²) in [5.74, 6) is 1.94. The summed E-state index contributed by atoms with van der Waals surface area (Å²) in [7, 11) is 0. The van der Waals surface area contributed by atoms with E-state index in [1.54, 1.807) is 0 Å². The van der Waals surface area contributed by atoms with Crippen LogP contribution in [0.25, 0.3) is 0 Å². The molecular formula is C17H31N5. The Morgan fingerprint density at radius 3 is 2.86 bits per heavy atom. The zero-order valence-electron chi connectivity index (χ0n) is 13.9. The molecule has 0 unspecified atom stereocenters. The van der Waals surface area contributed by atoms with Crippen molar-refractivity contribution in [3.8, 4) is 0 Å². The van der Waals surface area contributed by atoms with Crippen molar-refractivity contribution in [2.24, 2.45) is 10.9 Å². The number of unbranched alkanes of at least 4 members (excludes halogenated alkanes) is 1. The van der Waals surface area contributed by atoms with E-state index >= 15 is 0 Å². The van der Waals surface area contributed by atoms with Crippen molar-refractivity contribution in [2.45, 2.75) is 58.4 Å². The molecule has 1 fully saturated rings. The standard InChI is InChI=1S/C17H31N5/c1-2-19-17(21-12-14-22-13-11-18-15-22)20-10-6-5-9-16-7-3-4-8-16/h11,13,15-16H,2-10,12,14H2,1H3,(H2,19,20,21). The molecule has 1 aliphatic rings. The molecule has 0 spiro atoms. The molecule has 0 atom stereocenters. The predicted octanol–water partition coefficient (Wildman–Crippen LogP) is 2.80. The molecule has 1 aliphatic carbocycles. The first-order valence-corrected chi connectivity index (χ1v) is 8.86. The van der Waals surface area contributed by atoms with Crippen LogP contribution in [-0.4, -0.2) is 35.1 Å². The second-order valence-electron chi connectivity index (χ2n) is 6.13. The van der Waals surface area contributed by atoms with E-state index in [0.717, 1.165) is 38.1 Å². The van der Waals surface area contributed by atoms with Crippen molar-refractivity contribution in [1.29, 1.82) is 0 Å². The van der Waals surface area contributed by atoms with Crippen LogP contribution in [0.1, 0.15) is 51.9 Å². The quantitative estimate of drug-likeness (QED) is 0.419. The number of hydrogen-bond acceptors (Lipinski definition) is 2. The summed E-state index contributed by atoms with van der Waals surface area (Å²) >= 11 is 0. The zero-order chi connectivity index (χ0) is 15.5. The third-order valence-corrected chi connectivity index (χ3v) is 4.33. The average Bonchev–Trinajstić information content (AvgIpc) is 3.20. The molecule has 1 heterocycles. The second-order valence-corrected chi connectivity index (χ2v) is 6.13. The van der Waals surface area contributed by atoms with Crippen molar-refractivity contribution in [1.82, 2.24) is 20.2 Å². The first kappa shape index (κ1) is 16.8. The Kier molecular flexibility index (Phi) is 7.85. The summed E-state index contributed by atoms with van der Waals surface area (Å²) in [6.45, 7) is 5.70. The fraction of sp³-hybridized carbons (Fsp3) is 0.765. The molecule has 2 rings (SSSR count). The van der Waals surface area contributed by atoms with Gasteiger partial charge in [-0.3, -0.25) is 4.99 Å². The minimum Gasteiger partial charge on any atom is -0.357 e. The fourth-order valence-electron chi connectivity index (χ4n) is 3.10. The Balaban J connectivity index is 1.58. The summed E-state index contributed by atoms with van der Waals surface area (Å²) in [4.78, 5) is 8.71. The van der Waals surface area contributed by atoms with Crippen molar-refractivity contribution in [2.75, 3.05) is 19.6 Å². The normalized spacial score (nSPS) is 16.1. The van der Waals surface area contributed by atoms with E-state index in [0.29, 0.717) is 0 Å². The Morgan fingerprint density at radius 2 is 2.14 bits per heavy atom. The molecule has 124 valence electrons. The first-order valence-electron chi connectivity index (χ1n) is 8.86. The maximum Gasteiger partial charge on any atom is 0.191 e. The lowest BCUT2D eigenvalue weighted by molar-refractivity contribution is 0.475. The number of hydrogen-bond donors (Lipinski definition) is 2. The minimum atomic E-state index is 0.865. The highest BCUT2D eigenvalue weighted by atomic mass is 15.2. The summed E-state index contributed by atoms with van der Waals surface area (Å²) in [6, 6.07) is 0. The Hall–Kier alpha value is -1.52. The van der Waals surface area contributed by atoms with Gasteiger partial charge in [-0.15, -0.1) is 0 Å². The Morgan fingerprint density at radius 1 is 1.27 bits per heavy atom. The highest BCUT2D eigenvalue weighted by Gasteiger charge is 2.13. The van der Waals surface area contributed by atoms with Gasteiger partial charge in [0.1, 0.15) is 0 Å². The van der Waals surface area contributed by atoms with Crippen LogP contribution in [0.15, 0.2) is 23.7 Å². The fourth-order valence-corrected chi connectivity index (χ4v) is 3.10. The number of rotatable bonds is 9. The van der Waals surface area contributed by atoms with Gasteiger partial charge in [-0.1, -0.05) is 38.5 Å². The first-order chi connectivity index (χ1) is 10.9. The van der Waals surface area contributed by atoms with E-state index in [1.807, 2.05) is 18.7 Å². The van der Waals surface area contributed by atoms with E-state index in [9.17, 15) is 0 Å². The van der Waals surface area contributed by atoms with Gasteiger partial charge < -0.3 is 15.2 Å². The maximum atomic E-state index is 4.67. The third kappa shape index (κ3) is 6.50. The molecule has 22 heavy (non-hydrogen) atoms. The topological polar surface area (TPSA) is 54.2 Å². The highest BCUT2D eigenvalue weighted by Crippen LogP contribution is 2.28. The van der Waals surface area contributed by atoms with Crippen molar-refractivity contribution >= 4 is 5.96 Å². The van der Waals surface area contributed by atoms with Gasteiger partial charge in [0.2, 0.25) is 0 Å². The largest absolute Gasteiger partial charge is 0.357 e. The van der Waals surface area contributed by atoms with Gasteiger partial charge in [0.25, 0.3) is 0 Å². The van der Waals surface area contributed by atoms with E-state index < -0.39 is 0 Å². The van der Waals surface area contributed by atoms with Crippen LogP contribution in [0, 0.1) is 5.92 Å². The van der Waals surface area contributed by atoms with E-state index in [1.165, 1.54) is 44.9 Å². The van der Waals surface area contributed by atoms with Crippen molar-refractivity contribution < 1.29 is 0 Å². The van der Waals surface area contributed by atoms with Crippen LogP contribution >= 0.6 is 0 Å². The monoisotopic (exact) mass is 305 g/mol. The molecular weight excluding hydrogens is 274 g/mol. The molecule has 0 radical (unpaired) electrons. The smallest absolute Gasteiger partial charge is 0.191 e. The number of aromatic nitrogens is 2. The molecule has 1 aromatic heterocycles. The van der Waals surface area contributed by atoms with Crippen molar-refractivity contribution in [3.05, 3.63) is 18.7 Å². The molecule has 1 aromatic rings. The SMILES string of the molecule is CCNC(=NCCCCC1CCCC1)NCCn1ccnc1. The summed E-state index contributed by atoms with van der Waals surface area (Å²) in [6.07, 6.45) is 15.4. The van der Waals surface area contributed by atoms with Gasteiger partial charge >= 0.3 is 0 Å². The third-order valence-electron chi connectivity index (χ3n) is 4.33. The number of nitrogens with one attached hydrogen (secondary N) is 2. The van der Waals surface area contributed by atoms with Gasteiger partial charge in [-0.25, -0.2) is 4.98 Å². The zero-order valence-corrected chi connectivity index (χ0v) is 13.9. The predicted molar refractivity (Wildman–Crippen MR) is 92.0 cm³/mol. The Bertz CT molecular complexity index is 407. The van der Waals surface area contributed by atoms with Gasteiger partial charge in [-0.05, 0) is 19.3 Å². The number of nitrogens with zero attached hydrogens (tertiary/aromatic N) is 3. The lowest BCUT2D eigenvalue weighted by atomic mass is 10.0. The molecule has 0 amide bonds. The summed E-state index contributed by atoms with van der Waals surface area (Å²) in [5, 5.41) is 6.69. The second kappa shape index (κ2) is 10.2. The molecule has 2 N–H and O–H groups in total. The van der Waals surface area contributed by atoms with Gasteiger partial charge in [0, 0.05) is 38.6 Å². The van der Waals surface area contributed by atoms with Crippen LogP contribution in [0.2, 0.25) is 0 Å². The van der Waals surface area contributed by atoms with E-state index in [4.69, 9.17) is 0 Å². The maximum absolute atomic E-state index is 4.67. The van der Waals surface area contributed by atoms with Crippen molar-refractivity contribution in [3.63, 3.8) is 0 Å². The lowest BCUT2D eigenvalue weighted by Crippen LogP contribution is -2.38. The van der Waals surface area contributed by atoms with E-state index in [-0.39, 0.29) is 0 Å². The van der Waals surface area contributed by atoms with Crippen LogP contribution in [-0.2, 0) is 6.54 Å². The molecule has 0 saturated heterocycles. The van der Waals surface area contributed by atoms with Gasteiger partial charge in [-0.2, -0.15) is 0 Å². The van der Waals surface area contributed by atoms with Crippen LogP contribution in [0.5, 0.6) is 0 Å². The molecule has 5 nitrogen and oxygen atoms in total. The van der Waals surface area contributed by atoms with Crippen LogP contribution in [0.3, 0.4) is 0 Å². The lowest BCUT2D eigenvalue weighted by Gasteiger charge is -2.12. The van der Waals surface area contributed by atoms with Crippen LogP contribution in [0.4, 0.5) is 0 Å². The van der Waals surface area contributed by atoms with Gasteiger partial charge in [0.05, 0.1) is 6.33 Å². The molecule has 0 bridgehead atoms. The van der Waals surface area contributed by atoms with Gasteiger partial charge in [0.15, 0.2) is 5.96 Å². The molecule has 5 heteroatoms. The number of imidazole rings is 1. The van der Waals surface area contributed by atoms with Crippen LogP contribution < -0.4 is 10.6 Å². The number of guanidine groups is 1. The summed E-state index contributed by atoms with van der Waals surface area (Å²) < 4.78 is 2.07. The van der Waals surface area contributed by atoms with E-state index in [2.05, 4.69) is 32.1 Å².